The van der Waals surface area contributed by atoms with Gasteiger partial charge in [-0.1, -0.05) is 26.0 Å². The average Bonchev–Trinajstić information content (AvgIpc) is 2.83. The molecule has 0 spiro atoms. The zero-order valence-corrected chi connectivity index (χ0v) is 12.1. The van der Waals surface area contributed by atoms with Crippen molar-refractivity contribution in [1.82, 2.24) is 10.6 Å². The van der Waals surface area contributed by atoms with E-state index < -0.39 is 0 Å². The number of carbonyl (C=O) groups is 1. The topological polar surface area (TPSA) is 41.1 Å². The van der Waals surface area contributed by atoms with Crippen molar-refractivity contribution in [2.75, 3.05) is 13.1 Å². The van der Waals surface area contributed by atoms with Gasteiger partial charge in [0.1, 0.15) is 0 Å². The summed E-state index contributed by atoms with van der Waals surface area (Å²) in [5.41, 5.74) is 2.07. The molecule has 3 nitrogen and oxygen atoms in total. The molecule has 1 aliphatic rings. The van der Waals surface area contributed by atoms with E-state index in [-0.39, 0.29) is 11.4 Å². The van der Waals surface area contributed by atoms with Gasteiger partial charge in [-0.05, 0) is 49.9 Å². The van der Waals surface area contributed by atoms with Gasteiger partial charge in [-0.15, -0.1) is 0 Å². The molecular formula is C16H24N2O. The molecule has 104 valence electrons. The Bertz CT molecular complexity index is 431. The second-order valence-electron chi connectivity index (χ2n) is 6.05. The van der Waals surface area contributed by atoms with Gasteiger partial charge in [0, 0.05) is 17.6 Å². The van der Waals surface area contributed by atoms with Gasteiger partial charge in [0.2, 0.25) is 0 Å². The molecule has 1 heterocycles. The van der Waals surface area contributed by atoms with Crippen molar-refractivity contribution in [1.29, 1.82) is 0 Å². The van der Waals surface area contributed by atoms with Crippen LogP contribution in [0.1, 0.15) is 55.5 Å². The fraction of sp³-hybridized carbons (Fsp3) is 0.562. The minimum atomic E-state index is 0.0187. The predicted octanol–water partition coefficient (Wildman–Crippen LogP) is 2.68. The maximum atomic E-state index is 12.1. The minimum absolute atomic E-state index is 0.0187. The van der Waals surface area contributed by atoms with Gasteiger partial charge < -0.3 is 10.6 Å². The molecule has 1 aromatic rings. The molecule has 0 bridgehead atoms. The summed E-state index contributed by atoms with van der Waals surface area (Å²) in [4.78, 5) is 12.1. The first-order chi connectivity index (χ1) is 9.00. The van der Waals surface area contributed by atoms with E-state index in [2.05, 4.69) is 31.4 Å². The molecular weight excluding hydrogens is 236 g/mol. The van der Waals surface area contributed by atoms with Crippen molar-refractivity contribution in [2.24, 2.45) is 0 Å². The Hall–Kier alpha value is -1.35. The Morgan fingerprint density at radius 3 is 2.58 bits per heavy atom. The van der Waals surface area contributed by atoms with Crippen LogP contribution in [-0.2, 0) is 0 Å². The highest BCUT2D eigenvalue weighted by Gasteiger charge is 2.28. The molecule has 1 unspecified atom stereocenters. The highest BCUT2D eigenvalue weighted by Crippen LogP contribution is 2.18. The van der Waals surface area contributed by atoms with Crippen LogP contribution in [0.2, 0.25) is 0 Å². The zero-order valence-electron chi connectivity index (χ0n) is 12.1. The Morgan fingerprint density at radius 1 is 1.37 bits per heavy atom. The minimum Gasteiger partial charge on any atom is -0.350 e. The van der Waals surface area contributed by atoms with Crippen LogP contribution in [0.15, 0.2) is 24.3 Å². The van der Waals surface area contributed by atoms with E-state index in [0.29, 0.717) is 12.5 Å². The third-order valence-corrected chi connectivity index (χ3v) is 3.94. The summed E-state index contributed by atoms with van der Waals surface area (Å²) in [6.45, 7) is 8.22. The molecule has 1 saturated heterocycles. The first-order valence-electron chi connectivity index (χ1n) is 7.13. The lowest BCUT2D eigenvalue weighted by Gasteiger charge is -2.24. The average molecular weight is 260 g/mol. The van der Waals surface area contributed by atoms with Crippen molar-refractivity contribution >= 4 is 5.91 Å². The van der Waals surface area contributed by atoms with E-state index in [1.54, 1.807) is 0 Å². The Kier molecular flexibility index (Phi) is 4.25. The summed E-state index contributed by atoms with van der Waals surface area (Å²) >= 11 is 0. The van der Waals surface area contributed by atoms with E-state index in [1.807, 2.05) is 24.3 Å². The summed E-state index contributed by atoms with van der Waals surface area (Å²) in [6, 6.07) is 7.90. The number of amides is 1. The number of rotatable bonds is 4. The van der Waals surface area contributed by atoms with Crippen molar-refractivity contribution in [3.8, 4) is 0 Å². The number of hydrogen-bond donors (Lipinski definition) is 2. The second-order valence-corrected chi connectivity index (χ2v) is 6.05. The van der Waals surface area contributed by atoms with Crippen LogP contribution in [0, 0.1) is 0 Å². The summed E-state index contributed by atoms with van der Waals surface area (Å²) in [7, 11) is 0. The van der Waals surface area contributed by atoms with E-state index in [0.717, 1.165) is 18.5 Å². The smallest absolute Gasteiger partial charge is 0.251 e. The molecule has 1 atom stereocenters. The van der Waals surface area contributed by atoms with E-state index in [9.17, 15) is 4.79 Å². The first-order valence-corrected chi connectivity index (χ1v) is 7.13. The highest BCUT2D eigenvalue weighted by molar-refractivity contribution is 5.94. The van der Waals surface area contributed by atoms with E-state index in [1.165, 1.54) is 12.0 Å². The summed E-state index contributed by atoms with van der Waals surface area (Å²) < 4.78 is 0. The van der Waals surface area contributed by atoms with E-state index >= 15 is 0 Å². The maximum Gasteiger partial charge on any atom is 0.251 e. The van der Waals surface area contributed by atoms with Gasteiger partial charge in [-0.2, -0.15) is 0 Å². The van der Waals surface area contributed by atoms with E-state index in [4.69, 9.17) is 0 Å². The number of carbonyl (C=O) groups excluding carboxylic acids is 1. The molecule has 1 amide bonds. The molecule has 0 saturated carbocycles. The van der Waals surface area contributed by atoms with Gasteiger partial charge in [0.15, 0.2) is 0 Å². The molecule has 1 aliphatic heterocycles. The van der Waals surface area contributed by atoms with Gasteiger partial charge in [-0.3, -0.25) is 4.79 Å². The van der Waals surface area contributed by atoms with Crippen molar-refractivity contribution < 1.29 is 4.79 Å². The molecule has 2 rings (SSSR count). The largest absolute Gasteiger partial charge is 0.350 e. The predicted molar refractivity (Wildman–Crippen MR) is 78.5 cm³/mol. The van der Waals surface area contributed by atoms with Crippen molar-refractivity contribution in [3.05, 3.63) is 35.4 Å². The molecule has 0 aliphatic carbocycles. The second kappa shape index (κ2) is 5.74. The maximum absolute atomic E-state index is 12.1. The van der Waals surface area contributed by atoms with Crippen LogP contribution >= 0.6 is 0 Å². The van der Waals surface area contributed by atoms with Crippen LogP contribution in [0.5, 0.6) is 0 Å². The molecule has 19 heavy (non-hydrogen) atoms. The fourth-order valence-electron chi connectivity index (χ4n) is 2.50. The molecule has 2 N–H and O–H groups in total. The monoisotopic (exact) mass is 260 g/mol. The molecule has 0 aromatic heterocycles. The summed E-state index contributed by atoms with van der Waals surface area (Å²) in [5, 5.41) is 6.48. The van der Waals surface area contributed by atoms with Crippen LogP contribution in [0.3, 0.4) is 0 Å². The number of benzene rings is 1. The fourth-order valence-corrected chi connectivity index (χ4v) is 2.50. The van der Waals surface area contributed by atoms with Gasteiger partial charge in [0.25, 0.3) is 5.91 Å². The number of hydrogen-bond acceptors (Lipinski definition) is 2. The van der Waals surface area contributed by atoms with Gasteiger partial charge in [-0.25, -0.2) is 0 Å². The van der Waals surface area contributed by atoms with Crippen LogP contribution in [0.25, 0.3) is 0 Å². The SMILES string of the molecule is CC(C)c1ccc(C(=O)NCC2(C)CCCN2)cc1. The lowest BCUT2D eigenvalue weighted by atomic mass is 9.99. The number of nitrogens with one attached hydrogen (secondary N) is 2. The van der Waals surface area contributed by atoms with Crippen LogP contribution < -0.4 is 10.6 Å². The quantitative estimate of drug-likeness (QED) is 0.874. The van der Waals surface area contributed by atoms with Gasteiger partial charge in [0.05, 0.1) is 0 Å². The Labute approximate surface area is 115 Å². The first kappa shape index (κ1) is 14.1. The third kappa shape index (κ3) is 3.57. The summed E-state index contributed by atoms with van der Waals surface area (Å²) in [6.07, 6.45) is 2.31. The van der Waals surface area contributed by atoms with Crippen molar-refractivity contribution in [2.45, 2.75) is 45.1 Å². The lowest BCUT2D eigenvalue weighted by Crippen LogP contribution is -2.47. The van der Waals surface area contributed by atoms with Crippen LogP contribution in [-0.4, -0.2) is 24.5 Å². The molecule has 1 fully saturated rings. The molecule has 0 radical (unpaired) electrons. The Balaban J connectivity index is 1.92. The lowest BCUT2D eigenvalue weighted by molar-refractivity contribution is 0.0942. The zero-order chi connectivity index (χ0) is 13.9. The molecule has 3 heteroatoms. The van der Waals surface area contributed by atoms with Gasteiger partial charge >= 0.3 is 0 Å². The van der Waals surface area contributed by atoms with Crippen molar-refractivity contribution in [3.63, 3.8) is 0 Å². The highest BCUT2D eigenvalue weighted by atomic mass is 16.1. The normalized spacial score (nSPS) is 22.7. The third-order valence-electron chi connectivity index (χ3n) is 3.94. The molecule has 1 aromatic carbocycles. The Morgan fingerprint density at radius 2 is 2.05 bits per heavy atom. The van der Waals surface area contributed by atoms with Crippen LogP contribution in [0.4, 0.5) is 0 Å². The summed E-state index contributed by atoms with van der Waals surface area (Å²) in [5.74, 6) is 0.518. The standard InChI is InChI=1S/C16H24N2O/c1-12(2)13-5-7-14(8-6-13)15(19)17-11-16(3)9-4-10-18-16/h5-8,12,18H,4,9-11H2,1-3H3,(H,17,19).